The maximum Gasteiger partial charge on any atom is 0.0644 e. The highest BCUT2D eigenvalue weighted by Gasteiger charge is 2.32. The van der Waals surface area contributed by atoms with Crippen LogP contribution in [0.3, 0.4) is 0 Å². The SMILES string of the molecule is Cc1nn(CCO)c(C)c1CN[C@H]1CCC(C)(C)c2ccccc21. The zero-order valence-electron chi connectivity index (χ0n) is 15.3. The summed E-state index contributed by atoms with van der Waals surface area (Å²) in [4.78, 5) is 0. The fourth-order valence-electron chi connectivity index (χ4n) is 3.95. The number of hydrogen-bond acceptors (Lipinski definition) is 3. The third-order valence-corrected chi connectivity index (χ3v) is 5.49. The molecule has 1 aromatic heterocycles. The molecule has 1 aromatic carbocycles. The average molecular weight is 327 g/mol. The van der Waals surface area contributed by atoms with E-state index >= 15 is 0 Å². The van der Waals surface area contributed by atoms with Gasteiger partial charge in [-0.2, -0.15) is 5.10 Å². The number of hydrogen-bond donors (Lipinski definition) is 2. The van der Waals surface area contributed by atoms with Crippen molar-refractivity contribution in [2.24, 2.45) is 0 Å². The van der Waals surface area contributed by atoms with E-state index in [1.807, 2.05) is 4.68 Å². The fourth-order valence-corrected chi connectivity index (χ4v) is 3.95. The molecule has 1 aliphatic rings. The lowest BCUT2D eigenvalue weighted by atomic mass is 9.71. The molecule has 4 heteroatoms. The first-order valence-corrected chi connectivity index (χ1v) is 8.90. The summed E-state index contributed by atoms with van der Waals surface area (Å²) in [7, 11) is 0. The Hall–Kier alpha value is -1.65. The van der Waals surface area contributed by atoms with Crippen LogP contribution in [0.1, 0.15) is 60.8 Å². The molecular formula is C20H29N3O. The predicted octanol–water partition coefficient (Wildman–Crippen LogP) is 3.39. The number of aryl methyl sites for hydroxylation is 1. The van der Waals surface area contributed by atoms with Crippen LogP contribution in [0.25, 0.3) is 0 Å². The Morgan fingerprint density at radius 1 is 1.29 bits per heavy atom. The molecule has 0 unspecified atom stereocenters. The summed E-state index contributed by atoms with van der Waals surface area (Å²) in [6.45, 7) is 10.3. The minimum atomic E-state index is 0.125. The van der Waals surface area contributed by atoms with Gasteiger partial charge in [0.05, 0.1) is 18.8 Å². The molecule has 24 heavy (non-hydrogen) atoms. The first-order valence-electron chi connectivity index (χ1n) is 8.90. The van der Waals surface area contributed by atoms with Crippen LogP contribution >= 0.6 is 0 Å². The van der Waals surface area contributed by atoms with E-state index in [-0.39, 0.29) is 12.0 Å². The number of benzene rings is 1. The Morgan fingerprint density at radius 2 is 2.04 bits per heavy atom. The van der Waals surface area contributed by atoms with Gasteiger partial charge in [0, 0.05) is 23.8 Å². The van der Waals surface area contributed by atoms with Gasteiger partial charge in [-0.25, -0.2) is 0 Å². The van der Waals surface area contributed by atoms with Crippen molar-refractivity contribution in [3.05, 3.63) is 52.3 Å². The molecule has 2 aromatic rings. The molecule has 0 fully saturated rings. The Kier molecular flexibility index (Phi) is 4.79. The third-order valence-electron chi connectivity index (χ3n) is 5.49. The summed E-state index contributed by atoms with van der Waals surface area (Å²) >= 11 is 0. The van der Waals surface area contributed by atoms with Gasteiger partial charge >= 0.3 is 0 Å². The molecule has 1 heterocycles. The second-order valence-electron chi connectivity index (χ2n) is 7.54. The summed E-state index contributed by atoms with van der Waals surface area (Å²) in [5.74, 6) is 0. The Labute approximate surface area is 144 Å². The van der Waals surface area contributed by atoms with E-state index in [4.69, 9.17) is 5.11 Å². The normalized spacial score (nSPS) is 19.3. The van der Waals surface area contributed by atoms with Gasteiger partial charge in [-0.05, 0) is 43.2 Å². The molecular weight excluding hydrogens is 298 g/mol. The highest BCUT2D eigenvalue weighted by Crippen LogP contribution is 2.41. The lowest BCUT2D eigenvalue weighted by Crippen LogP contribution is -2.32. The second kappa shape index (κ2) is 6.69. The first kappa shape index (κ1) is 17.2. The molecule has 130 valence electrons. The van der Waals surface area contributed by atoms with E-state index in [2.05, 4.69) is 62.4 Å². The molecule has 4 nitrogen and oxygen atoms in total. The quantitative estimate of drug-likeness (QED) is 0.885. The van der Waals surface area contributed by atoms with E-state index in [9.17, 15) is 0 Å². The highest BCUT2D eigenvalue weighted by molar-refractivity contribution is 5.38. The van der Waals surface area contributed by atoms with Crippen molar-refractivity contribution in [1.29, 1.82) is 0 Å². The van der Waals surface area contributed by atoms with E-state index in [1.54, 1.807) is 0 Å². The molecule has 0 spiro atoms. The molecule has 1 atom stereocenters. The number of nitrogens with one attached hydrogen (secondary N) is 1. The minimum Gasteiger partial charge on any atom is -0.394 e. The van der Waals surface area contributed by atoms with Crippen LogP contribution in [0.15, 0.2) is 24.3 Å². The highest BCUT2D eigenvalue weighted by atomic mass is 16.3. The van der Waals surface area contributed by atoms with Crippen molar-refractivity contribution in [1.82, 2.24) is 15.1 Å². The molecule has 0 bridgehead atoms. The number of nitrogens with zero attached hydrogens (tertiary/aromatic N) is 2. The summed E-state index contributed by atoms with van der Waals surface area (Å²) < 4.78 is 1.91. The topological polar surface area (TPSA) is 50.1 Å². The lowest BCUT2D eigenvalue weighted by molar-refractivity contribution is 0.267. The van der Waals surface area contributed by atoms with Gasteiger partial charge in [0.15, 0.2) is 0 Å². The average Bonchev–Trinajstić information content (AvgIpc) is 2.82. The van der Waals surface area contributed by atoms with Crippen LogP contribution < -0.4 is 5.32 Å². The molecule has 0 radical (unpaired) electrons. The lowest BCUT2D eigenvalue weighted by Gasteiger charge is -2.37. The molecule has 2 N–H and O–H groups in total. The van der Waals surface area contributed by atoms with E-state index in [1.165, 1.54) is 23.1 Å². The summed E-state index contributed by atoms with van der Waals surface area (Å²) in [6, 6.07) is 9.23. The zero-order chi connectivity index (χ0) is 17.3. The van der Waals surface area contributed by atoms with Crippen LogP contribution in [-0.2, 0) is 18.5 Å². The number of fused-ring (bicyclic) bond motifs is 1. The van der Waals surface area contributed by atoms with Gasteiger partial charge < -0.3 is 10.4 Å². The Morgan fingerprint density at radius 3 is 2.79 bits per heavy atom. The van der Waals surface area contributed by atoms with Crippen molar-refractivity contribution in [3.63, 3.8) is 0 Å². The van der Waals surface area contributed by atoms with Crippen LogP contribution in [0, 0.1) is 13.8 Å². The van der Waals surface area contributed by atoms with Gasteiger partial charge in [0.1, 0.15) is 0 Å². The van der Waals surface area contributed by atoms with E-state index < -0.39 is 0 Å². The van der Waals surface area contributed by atoms with Crippen molar-refractivity contribution in [2.75, 3.05) is 6.61 Å². The van der Waals surface area contributed by atoms with Crippen LogP contribution in [0.2, 0.25) is 0 Å². The molecule has 0 aliphatic heterocycles. The van der Waals surface area contributed by atoms with Gasteiger partial charge in [-0.15, -0.1) is 0 Å². The Bertz CT molecular complexity index is 718. The maximum absolute atomic E-state index is 9.16. The van der Waals surface area contributed by atoms with Crippen LogP contribution in [0.4, 0.5) is 0 Å². The van der Waals surface area contributed by atoms with Crippen molar-refractivity contribution >= 4 is 0 Å². The minimum absolute atomic E-state index is 0.125. The molecule has 0 saturated heterocycles. The summed E-state index contributed by atoms with van der Waals surface area (Å²) in [5.41, 5.74) is 6.62. The number of aliphatic hydroxyl groups is 1. The first-order chi connectivity index (χ1) is 11.4. The van der Waals surface area contributed by atoms with E-state index in [0.29, 0.717) is 12.6 Å². The van der Waals surface area contributed by atoms with Crippen LogP contribution in [0.5, 0.6) is 0 Å². The summed E-state index contributed by atoms with van der Waals surface area (Å²) in [6.07, 6.45) is 2.36. The monoisotopic (exact) mass is 327 g/mol. The number of rotatable bonds is 5. The zero-order valence-corrected chi connectivity index (χ0v) is 15.3. The third kappa shape index (κ3) is 3.13. The van der Waals surface area contributed by atoms with Crippen LogP contribution in [-0.4, -0.2) is 21.5 Å². The Balaban J connectivity index is 1.79. The van der Waals surface area contributed by atoms with Gasteiger partial charge in [-0.3, -0.25) is 4.68 Å². The maximum atomic E-state index is 9.16. The standard InChI is InChI=1S/C20H29N3O/c1-14-17(15(2)23(22-14)11-12-24)13-21-19-9-10-20(3,4)18-8-6-5-7-16(18)19/h5-8,19,21,24H,9-13H2,1-4H3/t19-/m0/s1. The van der Waals surface area contributed by atoms with Gasteiger partial charge in [0.25, 0.3) is 0 Å². The smallest absolute Gasteiger partial charge is 0.0644 e. The second-order valence-corrected chi connectivity index (χ2v) is 7.54. The molecule has 3 rings (SSSR count). The van der Waals surface area contributed by atoms with Crippen molar-refractivity contribution < 1.29 is 5.11 Å². The molecule has 0 saturated carbocycles. The molecule has 0 amide bonds. The fraction of sp³-hybridized carbons (Fsp3) is 0.550. The van der Waals surface area contributed by atoms with Crippen molar-refractivity contribution in [2.45, 2.75) is 65.1 Å². The van der Waals surface area contributed by atoms with E-state index in [0.717, 1.165) is 24.4 Å². The summed E-state index contributed by atoms with van der Waals surface area (Å²) in [5, 5.41) is 17.5. The van der Waals surface area contributed by atoms with Crippen molar-refractivity contribution in [3.8, 4) is 0 Å². The van der Waals surface area contributed by atoms with Gasteiger partial charge in [0.2, 0.25) is 0 Å². The largest absolute Gasteiger partial charge is 0.394 e. The van der Waals surface area contributed by atoms with Gasteiger partial charge in [-0.1, -0.05) is 38.1 Å². The predicted molar refractivity (Wildman–Crippen MR) is 97.1 cm³/mol. The number of aliphatic hydroxyl groups excluding tert-OH is 1. The number of aromatic nitrogens is 2. The molecule has 1 aliphatic carbocycles.